The fourth-order valence-electron chi connectivity index (χ4n) is 2.70. The van der Waals surface area contributed by atoms with E-state index in [0.29, 0.717) is 12.1 Å². The van der Waals surface area contributed by atoms with Gasteiger partial charge in [-0.25, -0.2) is 4.98 Å². The fraction of sp³-hybridized carbons (Fsp3) is 0.706. The van der Waals surface area contributed by atoms with Crippen molar-refractivity contribution in [3.63, 3.8) is 0 Å². The van der Waals surface area contributed by atoms with Crippen LogP contribution in [0, 0.1) is 6.92 Å². The summed E-state index contributed by atoms with van der Waals surface area (Å²) in [6.07, 6.45) is 1.36. The Labute approximate surface area is 128 Å². The number of nitrogens with one attached hydrogen (secondary N) is 1. The minimum Gasteiger partial charge on any atom is -0.375 e. The molecule has 21 heavy (non-hydrogen) atoms. The first-order valence-corrected chi connectivity index (χ1v) is 8.09. The molecule has 2 unspecified atom stereocenters. The van der Waals surface area contributed by atoms with E-state index in [0.717, 1.165) is 37.6 Å². The average molecular weight is 291 g/mol. The van der Waals surface area contributed by atoms with Crippen LogP contribution in [0.4, 0.5) is 5.82 Å². The zero-order valence-electron chi connectivity index (χ0n) is 14.0. The van der Waals surface area contributed by atoms with Crippen molar-refractivity contribution in [2.45, 2.75) is 65.8 Å². The van der Waals surface area contributed by atoms with E-state index in [4.69, 9.17) is 9.72 Å². The van der Waals surface area contributed by atoms with E-state index in [1.54, 1.807) is 0 Å². The predicted molar refractivity (Wildman–Crippen MR) is 87.8 cm³/mol. The van der Waals surface area contributed by atoms with E-state index in [9.17, 15) is 0 Å². The van der Waals surface area contributed by atoms with Gasteiger partial charge >= 0.3 is 0 Å². The van der Waals surface area contributed by atoms with Crippen molar-refractivity contribution in [3.05, 3.63) is 23.4 Å². The molecular formula is C17H29N3O. The monoisotopic (exact) mass is 291 g/mol. The highest BCUT2D eigenvalue weighted by Crippen LogP contribution is 2.23. The maximum atomic E-state index is 5.77. The molecule has 0 aliphatic carbocycles. The summed E-state index contributed by atoms with van der Waals surface area (Å²) in [5.74, 6) is 1.09. The number of anilines is 1. The molecule has 4 heteroatoms. The fourth-order valence-corrected chi connectivity index (χ4v) is 2.70. The summed E-state index contributed by atoms with van der Waals surface area (Å²) < 4.78 is 5.77. The number of morpholine rings is 1. The molecule has 0 saturated carbocycles. The van der Waals surface area contributed by atoms with E-state index in [1.807, 2.05) is 0 Å². The zero-order chi connectivity index (χ0) is 15.4. The standard InChI is InChI=1S/C17H29N3O/c1-6-16-11-21-13(4)10-20(16)17-8-7-15(14(5)19-17)9-18-12(2)3/h7-8,12-13,16,18H,6,9-11H2,1-5H3. The molecule has 2 atom stereocenters. The molecule has 1 aromatic rings. The van der Waals surface area contributed by atoms with Crippen molar-refractivity contribution < 1.29 is 4.74 Å². The lowest BCUT2D eigenvalue weighted by Gasteiger charge is -2.39. The largest absolute Gasteiger partial charge is 0.375 e. The minimum absolute atomic E-state index is 0.275. The molecule has 118 valence electrons. The highest BCUT2D eigenvalue weighted by atomic mass is 16.5. The van der Waals surface area contributed by atoms with Gasteiger partial charge in [-0.2, -0.15) is 0 Å². The number of ether oxygens (including phenoxy) is 1. The van der Waals surface area contributed by atoms with Crippen LogP contribution in [0.1, 0.15) is 45.4 Å². The number of hydrogen-bond donors (Lipinski definition) is 1. The maximum absolute atomic E-state index is 5.77. The molecule has 0 radical (unpaired) electrons. The highest BCUT2D eigenvalue weighted by Gasteiger charge is 2.26. The summed E-state index contributed by atoms with van der Waals surface area (Å²) in [6.45, 7) is 13.4. The van der Waals surface area contributed by atoms with Gasteiger partial charge in [0.15, 0.2) is 0 Å². The molecule has 0 spiro atoms. The van der Waals surface area contributed by atoms with E-state index >= 15 is 0 Å². The van der Waals surface area contributed by atoms with Gasteiger partial charge in [0.1, 0.15) is 5.82 Å². The van der Waals surface area contributed by atoms with Gasteiger partial charge in [-0.3, -0.25) is 0 Å². The molecule has 1 aromatic heterocycles. The Hall–Kier alpha value is -1.13. The van der Waals surface area contributed by atoms with Gasteiger partial charge in [0.25, 0.3) is 0 Å². The van der Waals surface area contributed by atoms with Crippen LogP contribution in [-0.4, -0.2) is 36.3 Å². The van der Waals surface area contributed by atoms with Crippen LogP contribution in [0.25, 0.3) is 0 Å². The van der Waals surface area contributed by atoms with Crippen molar-refractivity contribution >= 4 is 5.82 Å². The summed E-state index contributed by atoms with van der Waals surface area (Å²) in [6, 6.07) is 5.30. The molecule has 0 amide bonds. The lowest BCUT2D eigenvalue weighted by Crippen LogP contribution is -2.49. The van der Waals surface area contributed by atoms with Crippen LogP contribution in [0.2, 0.25) is 0 Å². The third-order valence-electron chi connectivity index (χ3n) is 4.11. The second-order valence-electron chi connectivity index (χ2n) is 6.31. The van der Waals surface area contributed by atoms with Gasteiger partial charge < -0.3 is 15.0 Å². The Balaban J connectivity index is 2.14. The second kappa shape index (κ2) is 7.23. The van der Waals surface area contributed by atoms with Crippen LogP contribution in [0.5, 0.6) is 0 Å². The molecule has 0 aromatic carbocycles. The van der Waals surface area contributed by atoms with Crippen LogP contribution < -0.4 is 10.2 Å². The second-order valence-corrected chi connectivity index (χ2v) is 6.31. The number of aryl methyl sites for hydroxylation is 1. The van der Waals surface area contributed by atoms with Gasteiger partial charge in [-0.05, 0) is 31.9 Å². The number of pyridine rings is 1. The molecule has 2 rings (SSSR count). The molecule has 1 fully saturated rings. The van der Waals surface area contributed by atoms with Gasteiger partial charge in [0.05, 0.1) is 18.8 Å². The SMILES string of the molecule is CCC1COC(C)CN1c1ccc(CNC(C)C)c(C)n1. The normalized spacial score (nSPS) is 22.9. The van der Waals surface area contributed by atoms with Crippen LogP contribution in [-0.2, 0) is 11.3 Å². The highest BCUT2D eigenvalue weighted by molar-refractivity contribution is 5.43. The Morgan fingerprint density at radius 2 is 2.19 bits per heavy atom. The van der Waals surface area contributed by atoms with Crippen molar-refractivity contribution in [1.82, 2.24) is 10.3 Å². The van der Waals surface area contributed by atoms with Gasteiger partial charge in [0, 0.05) is 24.8 Å². The van der Waals surface area contributed by atoms with Gasteiger partial charge in [-0.15, -0.1) is 0 Å². The first-order valence-electron chi connectivity index (χ1n) is 8.09. The van der Waals surface area contributed by atoms with Gasteiger partial charge in [0.2, 0.25) is 0 Å². The zero-order valence-corrected chi connectivity index (χ0v) is 14.0. The van der Waals surface area contributed by atoms with Crippen molar-refractivity contribution in [3.8, 4) is 0 Å². The topological polar surface area (TPSA) is 37.4 Å². The van der Waals surface area contributed by atoms with E-state index < -0.39 is 0 Å². The lowest BCUT2D eigenvalue weighted by molar-refractivity contribution is 0.0296. The first kappa shape index (κ1) is 16.2. The third-order valence-corrected chi connectivity index (χ3v) is 4.11. The summed E-state index contributed by atoms with van der Waals surface area (Å²) >= 11 is 0. The van der Waals surface area contributed by atoms with Crippen LogP contribution in [0.15, 0.2) is 12.1 Å². The third kappa shape index (κ3) is 4.17. The smallest absolute Gasteiger partial charge is 0.129 e. The van der Waals surface area contributed by atoms with Crippen molar-refractivity contribution in [2.24, 2.45) is 0 Å². The van der Waals surface area contributed by atoms with E-state index in [-0.39, 0.29) is 6.10 Å². The van der Waals surface area contributed by atoms with Gasteiger partial charge in [-0.1, -0.05) is 26.8 Å². The first-order chi connectivity index (χ1) is 10.0. The molecule has 4 nitrogen and oxygen atoms in total. The molecule has 1 N–H and O–H groups in total. The number of aromatic nitrogens is 1. The molecular weight excluding hydrogens is 262 g/mol. The number of rotatable bonds is 5. The Kier molecular flexibility index (Phi) is 5.59. The molecule has 0 bridgehead atoms. The van der Waals surface area contributed by atoms with Crippen molar-refractivity contribution in [1.29, 1.82) is 0 Å². The Morgan fingerprint density at radius 1 is 1.43 bits per heavy atom. The van der Waals surface area contributed by atoms with Crippen LogP contribution >= 0.6 is 0 Å². The maximum Gasteiger partial charge on any atom is 0.129 e. The minimum atomic E-state index is 0.275. The van der Waals surface area contributed by atoms with Crippen molar-refractivity contribution in [2.75, 3.05) is 18.1 Å². The molecule has 2 heterocycles. The molecule has 1 aliphatic rings. The predicted octanol–water partition coefficient (Wildman–Crippen LogP) is 2.89. The summed E-state index contributed by atoms with van der Waals surface area (Å²) in [5, 5.41) is 3.46. The summed E-state index contributed by atoms with van der Waals surface area (Å²) in [7, 11) is 0. The quantitative estimate of drug-likeness (QED) is 0.905. The summed E-state index contributed by atoms with van der Waals surface area (Å²) in [5.41, 5.74) is 2.40. The van der Waals surface area contributed by atoms with Crippen LogP contribution in [0.3, 0.4) is 0 Å². The summed E-state index contributed by atoms with van der Waals surface area (Å²) in [4.78, 5) is 7.24. The number of nitrogens with zero attached hydrogens (tertiary/aromatic N) is 2. The number of hydrogen-bond acceptors (Lipinski definition) is 4. The average Bonchev–Trinajstić information content (AvgIpc) is 2.45. The lowest BCUT2D eigenvalue weighted by atomic mass is 10.1. The molecule has 1 aliphatic heterocycles. The van der Waals surface area contributed by atoms with E-state index in [1.165, 1.54) is 5.56 Å². The van der Waals surface area contributed by atoms with E-state index in [2.05, 4.69) is 57.0 Å². The Bertz CT molecular complexity index is 461. The Morgan fingerprint density at radius 3 is 2.81 bits per heavy atom. The molecule has 1 saturated heterocycles.